The van der Waals surface area contributed by atoms with Crippen LogP contribution in [-0.2, 0) is 0 Å². The van der Waals surface area contributed by atoms with Gasteiger partial charge in [-0.05, 0) is 42.9 Å². The normalized spacial score (nSPS) is 17.0. The molecule has 0 amide bonds. The average Bonchev–Trinajstić information content (AvgIpc) is 3.38. The molecule has 6 heteroatoms. The monoisotopic (exact) mass is 347 g/mol. The van der Waals surface area contributed by atoms with E-state index in [2.05, 4.69) is 14.9 Å². The lowest BCUT2D eigenvalue weighted by atomic mass is 9.99. The maximum absolute atomic E-state index is 14.3. The van der Waals surface area contributed by atoms with E-state index in [1.54, 1.807) is 12.1 Å². The van der Waals surface area contributed by atoms with Gasteiger partial charge in [-0.25, -0.2) is 14.4 Å². The van der Waals surface area contributed by atoms with Crippen molar-refractivity contribution in [2.75, 3.05) is 17.7 Å². The number of rotatable bonds is 3. The van der Waals surface area contributed by atoms with E-state index in [1.807, 2.05) is 18.5 Å². The van der Waals surface area contributed by atoms with Crippen LogP contribution in [0.25, 0.3) is 11.6 Å². The first kappa shape index (κ1) is 15.0. The van der Waals surface area contributed by atoms with Crippen molar-refractivity contribution in [1.29, 1.82) is 0 Å². The first-order chi connectivity index (χ1) is 11.2. The Morgan fingerprint density at radius 2 is 2.17 bits per heavy atom. The lowest BCUT2D eigenvalue weighted by Gasteiger charge is -2.30. The van der Waals surface area contributed by atoms with Crippen molar-refractivity contribution >= 4 is 40.8 Å². The molecule has 2 aromatic rings. The quantitative estimate of drug-likeness (QED) is 0.603. The molecule has 0 bridgehead atoms. The minimum Gasteiger partial charge on any atom is -0.349 e. The number of nitrogens with zero attached hydrogens (tertiary/aromatic N) is 3. The minimum absolute atomic E-state index is 0.287. The fraction of sp³-hybridized carbons (Fsp3) is 0.294. The van der Waals surface area contributed by atoms with E-state index in [-0.39, 0.29) is 5.82 Å². The Kier molecular flexibility index (Phi) is 3.77. The van der Waals surface area contributed by atoms with Crippen LogP contribution < -0.4 is 4.90 Å². The molecule has 0 unspecified atom stereocenters. The zero-order valence-electron chi connectivity index (χ0n) is 12.6. The largest absolute Gasteiger partial charge is 0.349 e. The van der Waals surface area contributed by atoms with Gasteiger partial charge in [0.05, 0.1) is 5.02 Å². The molecule has 1 aliphatic heterocycles. The molecule has 23 heavy (non-hydrogen) atoms. The molecule has 1 fully saturated rings. The lowest BCUT2D eigenvalue weighted by Crippen LogP contribution is -2.31. The van der Waals surface area contributed by atoms with Crippen molar-refractivity contribution in [3.63, 3.8) is 0 Å². The summed E-state index contributed by atoms with van der Waals surface area (Å²) < 4.78 is 14.3. The molecule has 1 aromatic heterocycles. The van der Waals surface area contributed by atoms with E-state index in [0.29, 0.717) is 23.2 Å². The summed E-state index contributed by atoms with van der Waals surface area (Å²) in [6.45, 7) is 0.628. The minimum atomic E-state index is -0.287. The molecule has 3 nitrogen and oxygen atoms in total. The summed E-state index contributed by atoms with van der Waals surface area (Å²) in [5, 5.41) is 1.20. The Hall–Kier alpha value is -1.59. The fourth-order valence-electron chi connectivity index (χ4n) is 2.93. The first-order valence-electron chi connectivity index (χ1n) is 7.50. The summed E-state index contributed by atoms with van der Waals surface area (Å²) >= 11 is 7.77. The molecule has 118 valence electrons. The molecule has 0 radical (unpaired) electrons. The molecule has 1 saturated carbocycles. The second-order valence-corrected chi connectivity index (χ2v) is 6.94. The van der Waals surface area contributed by atoms with Crippen LogP contribution in [0.4, 0.5) is 10.2 Å². The van der Waals surface area contributed by atoms with Crippen molar-refractivity contribution in [1.82, 2.24) is 9.97 Å². The maximum Gasteiger partial charge on any atom is 0.189 e. The Morgan fingerprint density at radius 1 is 1.35 bits per heavy atom. The van der Waals surface area contributed by atoms with Crippen LogP contribution >= 0.6 is 23.4 Å². The number of aromatic nitrogens is 2. The highest BCUT2D eigenvalue weighted by molar-refractivity contribution is 7.98. The van der Waals surface area contributed by atoms with E-state index < -0.39 is 0 Å². The smallest absolute Gasteiger partial charge is 0.189 e. The predicted molar refractivity (Wildman–Crippen MR) is 93.5 cm³/mol. The van der Waals surface area contributed by atoms with Crippen molar-refractivity contribution in [3.8, 4) is 0 Å². The highest BCUT2D eigenvalue weighted by Gasteiger charge is 2.34. The summed E-state index contributed by atoms with van der Waals surface area (Å²) in [4.78, 5) is 11.3. The zero-order chi connectivity index (χ0) is 16.0. The summed E-state index contributed by atoms with van der Waals surface area (Å²) in [7, 11) is 0. The summed E-state index contributed by atoms with van der Waals surface area (Å²) in [5.74, 6) is 0.660. The molecule has 0 atom stereocenters. The molecular weight excluding hydrogens is 333 g/mol. The van der Waals surface area contributed by atoms with Gasteiger partial charge in [-0.3, -0.25) is 0 Å². The lowest BCUT2D eigenvalue weighted by molar-refractivity contribution is 0.623. The number of anilines is 1. The van der Waals surface area contributed by atoms with E-state index in [1.165, 1.54) is 17.8 Å². The van der Waals surface area contributed by atoms with Crippen molar-refractivity contribution in [2.45, 2.75) is 24.0 Å². The van der Waals surface area contributed by atoms with Crippen molar-refractivity contribution in [3.05, 3.63) is 46.4 Å². The van der Waals surface area contributed by atoms with Gasteiger partial charge in [0.2, 0.25) is 0 Å². The highest BCUT2D eigenvalue weighted by atomic mass is 35.5. The topological polar surface area (TPSA) is 29.0 Å². The van der Waals surface area contributed by atoms with Gasteiger partial charge in [0, 0.05) is 29.9 Å². The molecule has 1 aliphatic carbocycles. The number of thioether (sulfide) groups is 1. The Labute approximate surface area is 143 Å². The third kappa shape index (κ3) is 2.72. The average molecular weight is 348 g/mol. The maximum atomic E-state index is 14.3. The molecule has 1 aromatic carbocycles. The summed E-state index contributed by atoms with van der Waals surface area (Å²) in [5.41, 5.74) is 2.29. The van der Waals surface area contributed by atoms with Crippen LogP contribution in [0, 0.1) is 5.82 Å². The van der Waals surface area contributed by atoms with E-state index in [0.717, 1.165) is 35.0 Å². The van der Waals surface area contributed by atoms with Crippen LogP contribution in [-0.4, -0.2) is 28.8 Å². The van der Waals surface area contributed by atoms with Crippen molar-refractivity contribution in [2.24, 2.45) is 0 Å². The molecule has 2 aliphatic rings. The number of hydrogen-bond acceptors (Lipinski definition) is 4. The van der Waals surface area contributed by atoms with E-state index in [9.17, 15) is 4.39 Å². The van der Waals surface area contributed by atoms with Gasteiger partial charge in [-0.2, -0.15) is 0 Å². The molecular formula is C17H15ClFN3S. The number of halogens is 2. The standard InChI is InChI=1S/C17H15ClFN3S/c1-23-17-20-8-10-7-11(15-13(18)3-2-4-14(15)19)9-22(12-5-6-12)16(10)21-17/h2-4,7-8,12H,5-6,9H2,1H3. The van der Waals surface area contributed by atoms with Crippen LogP contribution in [0.1, 0.15) is 24.0 Å². The van der Waals surface area contributed by atoms with Crippen LogP contribution in [0.2, 0.25) is 5.02 Å². The first-order valence-corrected chi connectivity index (χ1v) is 9.10. The van der Waals surface area contributed by atoms with Crippen molar-refractivity contribution < 1.29 is 4.39 Å². The number of fused-ring (bicyclic) bond motifs is 1. The molecule has 0 N–H and O–H groups in total. The molecule has 2 heterocycles. The summed E-state index contributed by atoms with van der Waals surface area (Å²) in [6.07, 6.45) is 8.04. The second kappa shape index (κ2) is 5.80. The number of hydrogen-bond donors (Lipinski definition) is 0. The van der Waals surface area contributed by atoms with Gasteiger partial charge >= 0.3 is 0 Å². The number of benzene rings is 1. The second-order valence-electron chi connectivity index (χ2n) is 5.76. The van der Waals surface area contributed by atoms with Gasteiger partial charge in [-0.1, -0.05) is 29.4 Å². The van der Waals surface area contributed by atoms with Gasteiger partial charge < -0.3 is 4.90 Å². The summed E-state index contributed by atoms with van der Waals surface area (Å²) in [6, 6.07) is 5.29. The van der Waals surface area contributed by atoms with Gasteiger partial charge in [0.15, 0.2) is 5.16 Å². The van der Waals surface area contributed by atoms with Crippen LogP contribution in [0.5, 0.6) is 0 Å². The van der Waals surface area contributed by atoms with E-state index >= 15 is 0 Å². The fourth-order valence-corrected chi connectivity index (χ4v) is 3.55. The van der Waals surface area contributed by atoms with Gasteiger partial charge in [0.25, 0.3) is 0 Å². The Balaban J connectivity index is 1.84. The molecule has 0 spiro atoms. The molecule has 0 saturated heterocycles. The third-order valence-corrected chi connectivity index (χ3v) is 5.05. The third-order valence-electron chi connectivity index (χ3n) is 4.17. The van der Waals surface area contributed by atoms with Gasteiger partial charge in [0.1, 0.15) is 11.6 Å². The SMILES string of the molecule is CSc1ncc2c(n1)N(C1CC1)CC(c1c(F)cccc1Cl)=C2. The van der Waals surface area contributed by atoms with Crippen LogP contribution in [0.15, 0.2) is 29.6 Å². The van der Waals surface area contributed by atoms with Gasteiger partial charge in [-0.15, -0.1) is 0 Å². The Bertz CT molecular complexity index is 784. The Morgan fingerprint density at radius 3 is 2.87 bits per heavy atom. The van der Waals surface area contributed by atoms with Crippen LogP contribution in [0.3, 0.4) is 0 Å². The predicted octanol–water partition coefficient (Wildman–Crippen LogP) is 4.51. The highest BCUT2D eigenvalue weighted by Crippen LogP contribution is 2.40. The zero-order valence-corrected chi connectivity index (χ0v) is 14.2. The van der Waals surface area contributed by atoms with E-state index in [4.69, 9.17) is 11.6 Å². The molecule has 4 rings (SSSR count).